The van der Waals surface area contributed by atoms with Gasteiger partial charge in [0.05, 0.1) is 0 Å². The second kappa shape index (κ2) is 8.18. The van der Waals surface area contributed by atoms with Gasteiger partial charge in [0.15, 0.2) is 0 Å². The number of hydrogen-bond acceptors (Lipinski definition) is 0. The van der Waals surface area contributed by atoms with E-state index in [2.05, 4.69) is 60.8 Å². The van der Waals surface area contributed by atoms with Gasteiger partial charge in [-0.3, -0.25) is 0 Å². The summed E-state index contributed by atoms with van der Waals surface area (Å²) in [5, 5.41) is 0. The van der Waals surface area contributed by atoms with Gasteiger partial charge in [0.2, 0.25) is 0 Å². The SMILES string of the molecule is C=C(C)C(=C)[C@H](C)[C@H](CCC1(C)CCC(C)CC1)/C(C)=C/C. The molecule has 0 aromatic carbocycles. The highest BCUT2D eigenvalue weighted by molar-refractivity contribution is 5.27. The van der Waals surface area contributed by atoms with Crippen LogP contribution in [0.15, 0.2) is 36.0 Å². The van der Waals surface area contributed by atoms with E-state index in [1.807, 2.05) is 0 Å². The first kappa shape index (κ1) is 19.3. The lowest BCUT2D eigenvalue weighted by molar-refractivity contribution is 0.151. The highest BCUT2D eigenvalue weighted by Crippen LogP contribution is 2.44. The first-order valence-electron chi connectivity index (χ1n) is 9.17. The van der Waals surface area contributed by atoms with E-state index in [4.69, 9.17) is 0 Å². The standard InChI is InChI=1S/C22H38/c1-9-18(5)21(20(7)19(6)16(2)3)12-15-22(8)13-10-17(4)11-14-22/h9,17,20-21H,2,6,10-15H2,1,3-5,7-8H3/b18-9+/t17?,20-,21+,22?/m0/s1. The Bertz CT molecular complexity index is 415. The van der Waals surface area contributed by atoms with E-state index in [1.54, 1.807) is 0 Å². The molecular weight excluding hydrogens is 264 g/mol. The third-order valence-electron chi connectivity index (χ3n) is 6.28. The van der Waals surface area contributed by atoms with Gasteiger partial charge in [-0.05, 0) is 75.2 Å². The van der Waals surface area contributed by atoms with Crippen molar-refractivity contribution in [2.24, 2.45) is 23.2 Å². The second-order valence-corrected chi connectivity index (χ2v) is 8.27. The van der Waals surface area contributed by atoms with Crippen LogP contribution in [0.5, 0.6) is 0 Å². The van der Waals surface area contributed by atoms with Crippen molar-refractivity contribution < 1.29 is 0 Å². The van der Waals surface area contributed by atoms with Gasteiger partial charge in [0.25, 0.3) is 0 Å². The second-order valence-electron chi connectivity index (χ2n) is 8.27. The summed E-state index contributed by atoms with van der Waals surface area (Å²) in [7, 11) is 0. The summed E-state index contributed by atoms with van der Waals surface area (Å²) in [4.78, 5) is 0. The van der Waals surface area contributed by atoms with Crippen molar-refractivity contribution >= 4 is 0 Å². The van der Waals surface area contributed by atoms with Gasteiger partial charge >= 0.3 is 0 Å². The average Bonchev–Trinajstić information content (AvgIpc) is 2.49. The van der Waals surface area contributed by atoms with Crippen LogP contribution in [0.1, 0.15) is 80.1 Å². The Morgan fingerprint density at radius 2 is 1.77 bits per heavy atom. The van der Waals surface area contributed by atoms with Crippen LogP contribution in [-0.2, 0) is 0 Å². The summed E-state index contributed by atoms with van der Waals surface area (Å²) < 4.78 is 0. The fraction of sp³-hybridized carbons (Fsp3) is 0.727. The van der Waals surface area contributed by atoms with Gasteiger partial charge < -0.3 is 0 Å². The molecule has 0 heteroatoms. The maximum absolute atomic E-state index is 4.29. The molecule has 126 valence electrons. The molecule has 1 saturated carbocycles. The molecule has 1 fully saturated rings. The minimum Gasteiger partial charge on any atom is -0.0958 e. The summed E-state index contributed by atoms with van der Waals surface area (Å²) in [6, 6.07) is 0. The summed E-state index contributed by atoms with van der Waals surface area (Å²) in [5.74, 6) is 2.05. The molecule has 1 aliphatic carbocycles. The summed E-state index contributed by atoms with van der Waals surface area (Å²) in [6.07, 6.45) is 10.6. The molecule has 1 aliphatic rings. The molecule has 0 aromatic rings. The fourth-order valence-corrected chi connectivity index (χ4v) is 3.93. The molecule has 2 atom stereocenters. The van der Waals surface area contributed by atoms with Crippen LogP contribution in [0.25, 0.3) is 0 Å². The van der Waals surface area contributed by atoms with Crippen LogP contribution in [-0.4, -0.2) is 0 Å². The highest BCUT2D eigenvalue weighted by atomic mass is 14.4. The molecule has 0 N–H and O–H groups in total. The van der Waals surface area contributed by atoms with Crippen molar-refractivity contribution in [2.75, 3.05) is 0 Å². The van der Waals surface area contributed by atoms with E-state index in [1.165, 1.54) is 49.7 Å². The molecular formula is C22H38. The number of rotatable bonds is 7. The molecule has 0 radical (unpaired) electrons. The Morgan fingerprint density at radius 3 is 2.23 bits per heavy atom. The molecule has 0 spiro atoms. The zero-order valence-electron chi connectivity index (χ0n) is 16.0. The predicted molar refractivity (Wildman–Crippen MR) is 101 cm³/mol. The van der Waals surface area contributed by atoms with Crippen LogP contribution in [0.3, 0.4) is 0 Å². The fourth-order valence-electron chi connectivity index (χ4n) is 3.93. The highest BCUT2D eigenvalue weighted by Gasteiger charge is 2.31. The molecule has 0 bridgehead atoms. The van der Waals surface area contributed by atoms with Gasteiger partial charge in [-0.15, -0.1) is 0 Å². The smallest absolute Gasteiger partial charge is 0.0128 e. The van der Waals surface area contributed by atoms with Gasteiger partial charge in [-0.2, -0.15) is 0 Å². The molecule has 0 unspecified atom stereocenters. The van der Waals surface area contributed by atoms with Crippen molar-refractivity contribution in [3.8, 4) is 0 Å². The third-order valence-corrected chi connectivity index (χ3v) is 6.28. The Morgan fingerprint density at radius 1 is 1.23 bits per heavy atom. The van der Waals surface area contributed by atoms with E-state index in [0.29, 0.717) is 17.3 Å². The van der Waals surface area contributed by atoms with Gasteiger partial charge in [-0.25, -0.2) is 0 Å². The lowest BCUT2D eigenvalue weighted by atomic mass is 9.67. The van der Waals surface area contributed by atoms with Crippen molar-refractivity contribution in [2.45, 2.75) is 80.1 Å². The molecule has 0 amide bonds. The van der Waals surface area contributed by atoms with Gasteiger partial charge in [0, 0.05) is 0 Å². The third kappa shape index (κ3) is 5.14. The van der Waals surface area contributed by atoms with E-state index in [9.17, 15) is 0 Å². The molecule has 0 saturated heterocycles. The van der Waals surface area contributed by atoms with Crippen LogP contribution in [0, 0.1) is 23.2 Å². The Kier molecular flexibility index (Phi) is 7.16. The molecule has 0 aliphatic heterocycles. The first-order valence-corrected chi connectivity index (χ1v) is 9.17. The predicted octanol–water partition coefficient (Wildman–Crippen LogP) is 7.33. The van der Waals surface area contributed by atoms with Crippen molar-refractivity contribution in [1.29, 1.82) is 0 Å². The van der Waals surface area contributed by atoms with Crippen LogP contribution in [0.4, 0.5) is 0 Å². The van der Waals surface area contributed by atoms with E-state index < -0.39 is 0 Å². The Balaban J connectivity index is 2.74. The van der Waals surface area contributed by atoms with Crippen molar-refractivity contribution in [3.05, 3.63) is 36.0 Å². The normalized spacial score (nSPS) is 29.0. The summed E-state index contributed by atoms with van der Waals surface area (Å²) in [6.45, 7) is 22.2. The Hall–Kier alpha value is -0.780. The monoisotopic (exact) mass is 302 g/mol. The lowest BCUT2D eigenvalue weighted by Crippen LogP contribution is -2.26. The van der Waals surface area contributed by atoms with Gasteiger partial charge in [-0.1, -0.05) is 64.0 Å². The van der Waals surface area contributed by atoms with Crippen LogP contribution in [0.2, 0.25) is 0 Å². The molecule has 0 aromatic heterocycles. The van der Waals surface area contributed by atoms with Crippen molar-refractivity contribution in [1.82, 2.24) is 0 Å². The lowest BCUT2D eigenvalue weighted by Gasteiger charge is -2.38. The molecule has 22 heavy (non-hydrogen) atoms. The van der Waals surface area contributed by atoms with E-state index >= 15 is 0 Å². The quantitative estimate of drug-likeness (QED) is 0.341. The summed E-state index contributed by atoms with van der Waals surface area (Å²) in [5.41, 5.74) is 4.44. The molecule has 1 rings (SSSR count). The van der Waals surface area contributed by atoms with Crippen molar-refractivity contribution in [3.63, 3.8) is 0 Å². The molecule has 0 nitrogen and oxygen atoms in total. The zero-order valence-corrected chi connectivity index (χ0v) is 16.0. The minimum atomic E-state index is 0.500. The average molecular weight is 303 g/mol. The van der Waals surface area contributed by atoms with E-state index in [0.717, 1.165) is 11.5 Å². The summed E-state index contributed by atoms with van der Waals surface area (Å²) >= 11 is 0. The molecule has 0 heterocycles. The maximum atomic E-state index is 4.29. The zero-order chi connectivity index (χ0) is 16.9. The first-order chi connectivity index (χ1) is 10.2. The largest absolute Gasteiger partial charge is 0.0958 e. The topological polar surface area (TPSA) is 0 Å². The Labute approximate surface area is 139 Å². The van der Waals surface area contributed by atoms with Crippen LogP contribution >= 0.6 is 0 Å². The number of allylic oxidation sites excluding steroid dienone is 4. The maximum Gasteiger partial charge on any atom is -0.0128 e. The van der Waals surface area contributed by atoms with Gasteiger partial charge in [0.1, 0.15) is 0 Å². The van der Waals surface area contributed by atoms with E-state index in [-0.39, 0.29) is 0 Å². The number of hydrogen-bond donors (Lipinski definition) is 0. The van der Waals surface area contributed by atoms with Crippen LogP contribution < -0.4 is 0 Å². The minimum absolute atomic E-state index is 0.500.